The molecule has 1 aromatic carbocycles. The summed E-state index contributed by atoms with van der Waals surface area (Å²) in [6.07, 6.45) is 1.72. The molecule has 0 fully saturated rings. The number of hydrogen-bond acceptors (Lipinski definition) is 6. The minimum Gasteiger partial charge on any atom is -0.497 e. The fraction of sp³-hybridized carbons (Fsp3) is 0.471. The van der Waals surface area contributed by atoms with Crippen LogP contribution in [0.25, 0.3) is 11.4 Å². The first-order valence-corrected chi connectivity index (χ1v) is 8.17. The highest BCUT2D eigenvalue weighted by Crippen LogP contribution is 2.20. The summed E-state index contributed by atoms with van der Waals surface area (Å²) in [5.74, 6) is 1.91. The average molecular weight is 369 g/mol. The zero-order valence-corrected chi connectivity index (χ0v) is 15.4. The maximum absolute atomic E-state index is 11.7. The summed E-state index contributed by atoms with van der Waals surface area (Å²) in [5.41, 5.74) is 0.868. The predicted octanol–water partition coefficient (Wildman–Crippen LogP) is 2.22. The molecule has 1 amide bonds. The highest BCUT2D eigenvalue weighted by atomic mass is 35.5. The quantitative estimate of drug-likeness (QED) is 0.625. The van der Waals surface area contributed by atoms with Gasteiger partial charge in [-0.2, -0.15) is 4.98 Å². The van der Waals surface area contributed by atoms with E-state index in [4.69, 9.17) is 9.26 Å². The molecule has 0 spiro atoms. The number of amides is 1. The lowest BCUT2D eigenvalue weighted by molar-refractivity contribution is -0.121. The van der Waals surface area contributed by atoms with Crippen LogP contribution in [0.15, 0.2) is 28.8 Å². The van der Waals surface area contributed by atoms with Crippen molar-refractivity contribution in [1.82, 2.24) is 20.8 Å². The lowest BCUT2D eigenvalue weighted by Crippen LogP contribution is -2.31. The van der Waals surface area contributed by atoms with Crippen molar-refractivity contribution in [1.29, 1.82) is 0 Å². The van der Waals surface area contributed by atoms with E-state index in [2.05, 4.69) is 20.8 Å². The van der Waals surface area contributed by atoms with Crippen molar-refractivity contribution in [2.75, 3.05) is 26.7 Å². The van der Waals surface area contributed by atoms with Crippen LogP contribution >= 0.6 is 12.4 Å². The zero-order chi connectivity index (χ0) is 17.2. The van der Waals surface area contributed by atoms with Gasteiger partial charge in [0.05, 0.1) is 7.11 Å². The summed E-state index contributed by atoms with van der Waals surface area (Å²) in [5, 5.41) is 9.99. The standard InChI is InChI=1S/C17H24N4O3.ClH/c1-3-18-11-12-19-15(22)5-4-6-16-20-17(21-24-16)13-7-9-14(23-2)10-8-13;/h7-10,18H,3-6,11-12H2,1-2H3,(H,19,22);1H. The maximum atomic E-state index is 11.7. The van der Waals surface area contributed by atoms with E-state index in [0.29, 0.717) is 37.5 Å². The lowest BCUT2D eigenvalue weighted by atomic mass is 10.2. The first-order valence-electron chi connectivity index (χ1n) is 8.17. The Kier molecular flexibility index (Phi) is 9.57. The molecule has 138 valence electrons. The zero-order valence-electron chi connectivity index (χ0n) is 14.6. The second kappa shape index (κ2) is 11.4. The molecule has 0 bridgehead atoms. The number of carbonyl (C=O) groups excluding carboxylic acids is 1. The molecule has 0 aliphatic rings. The summed E-state index contributed by atoms with van der Waals surface area (Å²) < 4.78 is 10.4. The van der Waals surface area contributed by atoms with Crippen LogP contribution in [0.5, 0.6) is 5.75 Å². The van der Waals surface area contributed by atoms with Gasteiger partial charge in [0.1, 0.15) is 5.75 Å². The highest BCUT2D eigenvalue weighted by Gasteiger charge is 2.09. The Morgan fingerprint density at radius 2 is 2.00 bits per heavy atom. The van der Waals surface area contributed by atoms with Crippen molar-refractivity contribution in [2.24, 2.45) is 0 Å². The molecule has 0 aliphatic heterocycles. The van der Waals surface area contributed by atoms with Gasteiger partial charge in [0.25, 0.3) is 0 Å². The van der Waals surface area contributed by atoms with Crippen LogP contribution in [0.3, 0.4) is 0 Å². The molecule has 0 saturated heterocycles. The normalized spacial score (nSPS) is 10.2. The molecule has 1 heterocycles. The summed E-state index contributed by atoms with van der Waals surface area (Å²) >= 11 is 0. The van der Waals surface area contributed by atoms with Crippen LogP contribution in [-0.2, 0) is 11.2 Å². The molecule has 7 nitrogen and oxygen atoms in total. The van der Waals surface area contributed by atoms with Gasteiger partial charge in [0.2, 0.25) is 17.6 Å². The number of aromatic nitrogens is 2. The lowest BCUT2D eigenvalue weighted by Gasteiger charge is -2.04. The van der Waals surface area contributed by atoms with Crippen molar-refractivity contribution < 1.29 is 14.1 Å². The molecule has 25 heavy (non-hydrogen) atoms. The second-order valence-electron chi connectivity index (χ2n) is 5.30. The Bertz CT molecular complexity index is 631. The number of rotatable bonds is 10. The van der Waals surface area contributed by atoms with Crippen LogP contribution in [0.4, 0.5) is 0 Å². The number of carbonyl (C=O) groups is 1. The van der Waals surface area contributed by atoms with Gasteiger partial charge in [0, 0.05) is 31.5 Å². The van der Waals surface area contributed by atoms with Crippen LogP contribution in [0.2, 0.25) is 0 Å². The summed E-state index contributed by atoms with van der Waals surface area (Å²) in [7, 11) is 1.62. The smallest absolute Gasteiger partial charge is 0.226 e. The van der Waals surface area contributed by atoms with Crippen LogP contribution in [0.1, 0.15) is 25.7 Å². The fourth-order valence-electron chi connectivity index (χ4n) is 2.17. The van der Waals surface area contributed by atoms with Crippen molar-refractivity contribution >= 4 is 18.3 Å². The van der Waals surface area contributed by atoms with Crippen molar-refractivity contribution in [3.05, 3.63) is 30.2 Å². The summed E-state index contributed by atoms with van der Waals surface area (Å²) in [4.78, 5) is 16.0. The van der Waals surface area contributed by atoms with E-state index in [1.165, 1.54) is 0 Å². The number of aryl methyl sites for hydroxylation is 1. The van der Waals surface area contributed by atoms with Gasteiger partial charge in [-0.25, -0.2) is 0 Å². The topological polar surface area (TPSA) is 89.3 Å². The molecule has 0 unspecified atom stereocenters. The number of ether oxygens (including phenoxy) is 1. The molecule has 1 aromatic heterocycles. The molecule has 8 heteroatoms. The first-order chi connectivity index (χ1) is 11.7. The van der Waals surface area contributed by atoms with Gasteiger partial charge in [-0.15, -0.1) is 12.4 Å². The third-order valence-electron chi connectivity index (χ3n) is 3.48. The van der Waals surface area contributed by atoms with Crippen molar-refractivity contribution in [3.63, 3.8) is 0 Å². The van der Waals surface area contributed by atoms with Crippen molar-refractivity contribution in [3.8, 4) is 17.1 Å². The monoisotopic (exact) mass is 368 g/mol. The highest BCUT2D eigenvalue weighted by molar-refractivity contribution is 5.85. The van der Waals surface area contributed by atoms with Crippen molar-refractivity contribution in [2.45, 2.75) is 26.2 Å². The van der Waals surface area contributed by atoms with Gasteiger partial charge >= 0.3 is 0 Å². The molecule has 0 atom stereocenters. The molecule has 0 saturated carbocycles. The molecule has 2 N–H and O–H groups in total. The van der Waals surface area contributed by atoms with E-state index in [-0.39, 0.29) is 18.3 Å². The molecule has 0 aliphatic carbocycles. The third kappa shape index (κ3) is 7.11. The van der Waals surface area contributed by atoms with E-state index < -0.39 is 0 Å². The van der Waals surface area contributed by atoms with Gasteiger partial charge < -0.3 is 19.9 Å². The number of methoxy groups -OCH3 is 1. The molecular weight excluding hydrogens is 344 g/mol. The van der Waals surface area contributed by atoms with E-state index in [0.717, 1.165) is 24.4 Å². The summed E-state index contributed by atoms with van der Waals surface area (Å²) in [6, 6.07) is 7.46. The molecule has 2 rings (SSSR count). The SMILES string of the molecule is CCNCCNC(=O)CCCc1nc(-c2ccc(OC)cc2)no1.Cl. The van der Waals surface area contributed by atoms with Gasteiger partial charge in [0.15, 0.2) is 0 Å². The van der Waals surface area contributed by atoms with Crippen LogP contribution in [-0.4, -0.2) is 42.8 Å². The van der Waals surface area contributed by atoms with Crippen LogP contribution < -0.4 is 15.4 Å². The minimum absolute atomic E-state index is 0. The number of nitrogens with one attached hydrogen (secondary N) is 2. The van der Waals surface area contributed by atoms with Gasteiger partial charge in [-0.3, -0.25) is 4.79 Å². The Labute approximate surface area is 153 Å². The summed E-state index contributed by atoms with van der Waals surface area (Å²) in [6.45, 7) is 4.38. The third-order valence-corrected chi connectivity index (χ3v) is 3.48. The largest absolute Gasteiger partial charge is 0.497 e. The Hall–Kier alpha value is -2.12. The Balaban J connectivity index is 0.00000312. The Morgan fingerprint density at radius 1 is 1.24 bits per heavy atom. The number of likely N-dealkylation sites (N-methyl/N-ethyl adjacent to an activating group) is 1. The van der Waals surface area contributed by atoms with Gasteiger partial charge in [-0.05, 0) is 37.2 Å². The number of hydrogen-bond donors (Lipinski definition) is 2. The van der Waals surface area contributed by atoms with Gasteiger partial charge in [-0.1, -0.05) is 12.1 Å². The molecule has 2 aromatic rings. The van der Waals surface area contributed by atoms with E-state index in [1.807, 2.05) is 31.2 Å². The maximum Gasteiger partial charge on any atom is 0.226 e. The minimum atomic E-state index is 0. The van der Waals surface area contributed by atoms with E-state index >= 15 is 0 Å². The molecule has 0 radical (unpaired) electrons. The fourth-order valence-corrected chi connectivity index (χ4v) is 2.17. The number of nitrogens with zero attached hydrogens (tertiary/aromatic N) is 2. The number of halogens is 1. The second-order valence-corrected chi connectivity index (χ2v) is 5.30. The average Bonchev–Trinajstić information content (AvgIpc) is 3.08. The first kappa shape index (κ1) is 20.9. The van der Waals surface area contributed by atoms with E-state index in [9.17, 15) is 4.79 Å². The predicted molar refractivity (Wildman–Crippen MR) is 98.0 cm³/mol. The Morgan fingerprint density at radius 3 is 2.68 bits per heavy atom. The number of benzene rings is 1. The van der Waals surface area contributed by atoms with E-state index in [1.54, 1.807) is 7.11 Å². The van der Waals surface area contributed by atoms with Crippen LogP contribution in [0, 0.1) is 0 Å². The molecular formula is C17H25ClN4O3.